The molecule has 31 heavy (non-hydrogen) atoms. The van der Waals surface area contributed by atoms with Crippen molar-refractivity contribution in [3.05, 3.63) is 81.0 Å². The summed E-state index contributed by atoms with van der Waals surface area (Å²) < 4.78 is 5.17. The van der Waals surface area contributed by atoms with Crippen LogP contribution in [0.3, 0.4) is 0 Å². The van der Waals surface area contributed by atoms with Crippen LogP contribution in [0.15, 0.2) is 59.8 Å². The molecular weight excluding hydrogens is 441 g/mol. The molecule has 0 fully saturated rings. The largest absolute Gasteiger partial charge is 0.456 e. The van der Waals surface area contributed by atoms with Crippen molar-refractivity contribution in [3.63, 3.8) is 0 Å². The molecule has 0 saturated carbocycles. The fraction of sp³-hybridized carbons (Fsp3) is 0.227. The first-order valence-electron chi connectivity index (χ1n) is 9.68. The molecule has 2 N–H and O–H groups in total. The highest BCUT2D eigenvalue weighted by Crippen LogP contribution is 2.37. The average molecular weight is 460 g/mol. The topological polar surface area (TPSA) is 87.7 Å². The van der Waals surface area contributed by atoms with Gasteiger partial charge in [-0.25, -0.2) is 9.59 Å². The van der Waals surface area contributed by atoms with Gasteiger partial charge in [0.25, 0.3) is 0 Å². The third-order valence-electron chi connectivity index (χ3n) is 5.17. The zero-order valence-electron chi connectivity index (χ0n) is 16.4. The average Bonchev–Trinajstić information content (AvgIpc) is 3.13. The van der Waals surface area contributed by atoms with Gasteiger partial charge in [0.15, 0.2) is 0 Å². The molecule has 4 rings (SSSR count). The third-order valence-corrected chi connectivity index (χ3v) is 5.76. The number of hydrogen-bond acceptors (Lipinski definition) is 4. The minimum Gasteiger partial charge on any atom is -0.456 e. The lowest BCUT2D eigenvalue weighted by molar-refractivity contribution is -0.136. The number of amides is 3. The van der Waals surface area contributed by atoms with Gasteiger partial charge in [-0.1, -0.05) is 53.5 Å². The van der Waals surface area contributed by atoms with E-state index in [4.69, 9.17) is 27.9 Å². The van der Waals surface area contributed by atoms with Crippen LogP contribution in [-0.4, -0.2) is 42.5 Å². The summed E-state index contributed by atoms with van der Waals surface area (Å²) in [6, 6.07) is 13.1. The molecule has 0 radical (unpaired) electrons. The number of benzene rings is 2. The van der Waals surface area contributed by atoms with E-state index in [0.29, 0.717) is 39.8 Å². The molecule has 0 saturated heterocycles. The summed E-state index contributed by atoms with van der Waals surface area (Å²) in [7, 11) is 0. The molecule has 0 aliphatic carbocycles. The van der Waals surface area contributed by atoms with Crippen LogP contribution in [0.2, 0.25) is 10.0 Å². The number of esters is 1. The predicted molar refractivity (Wildman–Crippen MR) is 116 cm³/mol. The predicted octanol–water partition coefficient (Wildman–Crippen LogP) is 3.23. The summed E-state index contributed by atoms with van der Waals surface area (Å²) in [5.74, 6) is -0.875. The number of hydrogen-bond donors (Lipinski definition) is 2. The smallest absolute Gasteiger partial charge is 0.338 e. The fourth-order valence-electron chi connectivity index (χ4n) is 3.62. The lowest BCUT2D eigenvalue weighted by Gasteiger charge is -2.32. The number of cyclic esters (lactones) is 1. The third kappa shape index (κ3) is 4.52. The Morgan fingerprint density at radius 3 is 2.61 bits per heavy atom. The second-order valence-corrected chi connectivity index (χ2v) is 8.00. The first-order valence-corrected chi connectivity index (χ1v) is 10.4. The SMILES string of the molecule is O=C(CN1C(=O)N[C@@H](c2ccccc2Cl)C2=C1COC2=O)NCCc1ccc(Cl)cc1. The van der Waals surface area contributed by atoms with Crippen molar-refractivity contribution < 1.29 is 19.1 Å². The summed E-state index contributed by atoms with van der Waals surface area (Å²) >= 11 is 12.1. The quantitative estimate of drug-likeness (QED) is 0.649. The van der Waals surface area contributed by atoms with Crippen LogP contribution in [0.4, 0.5) is 4.79 Å². The molecule has 1 atom stereocenters. The van der Waals surface area contributed by atoms with Crippen molar-refractivity contribution in [1.29, 1.82) is 0 Å². The van der Waals surface area contributed by atoms with Crippen LogP contribution in [0.25, 0.3) is 0 Å². The normalized spacial score (nSPS) is 17.9. The number of rotatable bonds is 6. The van der Waals surface area contributed by atoms with Gasteiger partial charge in [-0.05, 0) is 35.7 Å². The van der Waals surface area contributed by atoms with Gasteiger partial charge in [0.2, 0.25) is 5.91 Å². The Hall–Kier alpha value is -3.03. The van der Waals surface area contributed by atoms with E-state index in [-0.39, 0.29) is 19.1 Å². The zero-order chi connectivity index (χ0) is 22.0. The molecule has 0 aromatic heterocycles. The summed E-state index contributed by atoms with van der Waals surface area (Å²) in [6.45, 7) is 0.108. The van der Waals surface area contributed by atoms with Crippen LogP contribution < -0.4 is 10.6 Å². The molecule has 3 amide bonds. The maximum Gasteiger partial charge on any atom is 0.338 e. The molecule has 2 heterocycles. The maximum absolute atomic E-state index is 12.8. The van der Waals surface area contributed by atoms with Gasteiger partial charge < -0.3 is 15.4 Å². The van der Waals surface area contributed by atoms with Gasteiger partial charge >= 0.3 is 12.0 Å². The Morgan fingerprint density at radius 2 is 1.87 bits per heavy atom. The molecule has 2 aliphatic rings. The number of ether oxygens (including phenoxy) is 1. The number of carbonyl (C=O) groups excluding carboxylic acids is 3. The van der Waals surface area contributed by atoms with Crippen molar-refractivity contribution >= 4 is 41.1 Å². The molecule has 2 aliphatic heterocycles. The maximum atomic E-state index is 12.8. The van der Waals surface area contributed by atoms with Crippen LogP contribution >= 0.6 is 23.2 Å². The van der Waals surface area contributed by atoms with E-state index in [9.17, 15) is 14.4 Å². The van der Waals surface area contributed by atoms with Gasteiger partial charge in [0.1, 0.15) is 13.2 Å². The van der Waals surface area contributed by atoms with Crippen LogP contribution in [0.1, 0.15) is 17.2 Å². The van der Waals surface area contributed by atoms with Gasteiger partial charge in [-0.2, -0.15) is 0 Å². The van der Waals surface area contributed by atoms with Gasteiger partial charge in [-0.15, -0.1) is 0 Å². The number of halogens is 2. The van der Waals surface area contributed by atoms with Crippen molar-refractivity contribution in [1.82, 2.24) is 15.5 Å². The molecule has 0 unspecified atom stereocenters. The molecule has 7 nitrogen and oxygen atoms in total. The number of urea groups is 1. The molecule has 0 bridgehead atoms. The highest BCUT2D eigenvalue weighted by atomic mass is 35.5. The van der Waals surface area contributed by atoms with Gasteiger partial charge in [0.05, 0.1) is 17.3 Å². The molecule has 9 heteroatoms. The van der Waals surface area contributed by atoms with Gasteiger partial charge in [0, 0.05) is 16.6 Å². The Bertz CT molecular complexity index is 1070. The Labute approximate surface area is 189 Å². The van der Waals surface area contributed by atoms with Crippen LogP contribution in [0.5, 0.6) is 0 Å². The molecule has 2 aromatic carbocycles. The summed E-state index contributed by atoms with van der Waals surface area (Å²) in [5, 5.41) is 6.64. The molecule has 2 aromatic rings. The second-order valence-electron chi connectivity index (χ2n) is 7.15. The van der Waals surface area contributed by atoms with Crippen molar-refractivity contribution in [2.45, 2.75) is 12.5 Å². The van der Waals surface area contributed by atoms with E-state index in [1.165, 1.54) is 4.90 Å². The zero-order valence-corrected chi connectivity index (χ0v) is 17.9. The molecule has 0 spiro atoms. The van der Waals surface area contributed by atoms with E-state index in [1.807, 2.05) is 12.1 Å². The van der Waals surface area contributed by atoms with Crippen LogP contribution in [-0.2, 0) is 20.7 Å². The number of nitrogens with zero attached hydrogens (tertiary/aromatic N) is 1. The van der Waals surface area contributed by atoms with E-state index in [1.54, 1.807) is 36.4 Å². The minimum absolute atomic E-state index is 0.0689. The Balaban J connectivity index is 1.46. The van der Waals surface area contributed by atoms with E-state index in [0.717, 1.165) is 5.56 Å². The monoisotopic (exact) mass is 459 g/mol. The van der Waals surface area contributed by atoms with Crippen molar-refractivity contribution in [2.24, 2.45) is 0 Å². The van der Waals surface area contributed by atoms with Crippen LogP contribution in [0, 0.1) is 0 Å². The Kier molecular flexibility index (Phi) is 6.15. The minimum atomic E-state index is -0.726. The number of nitrogens with one attached hydrogen (secondary N) is 2. The lowest BCUT2D eigenvalue weighted by atomic mass is 9.95. The summed E-state index contributed by atoms with van der Waals surface area (Å²) in [6.07, 6.45) is 0.624. The first-order chi connectivity index (χ1) is 14.9. The van der Waals surface area contributed by atoms with E-state index in [2.05, 4.69) is 10.6 Å². The standard InChI is InChI=1S/C22H19Cl2N3O4/c23-14-7-5-13(6-8-14)9-10-25-18(28)11-27-17-12-31-21(29)19(17)20(26-22(27)30)15-3-1-2-4-16(15)24/h1-8,20H,9-12H2,(H,25,28)(H,26,30)/t20-/m0/s1. The van der Waals surface area contributed by atoms with Crippen molar-refractivity contribution in [2.75, 3.05) is 19.7 Å². The fourth-order valence-corrected chi connectivity index (χ4v) is 3.99. The van der Waals surface area contributed by atoms with E-state index < -0.39 is 18.0 Å². The summed E-state index contributed by atoms with van der Waals surface area (Å²) in [5.41, 5.74) is 2.30. The highest BCUT2D eigenvalue weighted by molar-refractivity contribution is 6.31. The molecular formula is C22H19Cl2N3O4. The first kappa shape index (κ1) is 21.2. The Morgan fingerprint density at radius 1 is 1.13 bits per heavy atom. The second kappa shape index (κ2) is 8.99. The number of carbonyl (C=O) groups is 3. The van der Waals surface area contributed by atoms with E-state index >= 15 is 0 Å². The van der Waals surface area contributed by atoms with Crippen molar-refractivity contribution in [3.8, 4) is 0 Å². The lowest BCUT2D eigenvalue weighted by Crippen LogP contribution is -2.50. The van der Waals surface area contributed by atoms with Gasteiger partial charge in [-0.3, -0.25) is 9.69 Å². The highest BCUT2D eigenvalue weighted by Gasteiger charge is 2.43. The molecule has 160 valence electrons. The summed E-state index contributed by atoms with van der Waals surface area (Å²) in [4.78, 5) is 38.9.